The molecule has 31 heavy (non-hydrogen) atoms. The second-order valence-corrected chi connectivity index (χ2v) is 8.95. The van der Waals surface area contributed by atoms with Crippen molar-refractivity contribution < 1.29 is 9.53 Å². The van der Waals surface area contributed by atoms with E-state index in [9.17, 15) is 4.79 Å². The molecular formula is C23H44IN5O2. The highest BCUT2D eigenvalue weighted by molar-refractivity contribution is 14.0. The normalized spacial score (nSPS) is 22.3. The molecule has 1 saturated carbocycles. The highest BCUT2D eigenvalue weighted by atomic mass is 127. The van der Waals surface area contributed by atoms with E-state index in [1.54, 1.807) is 0 Å². The van der Waals surface area contributed by atoms with Crippen LogP contribution in [0.15, 0.2) is 4.99 Å². The van der Waals surface area contributed by atoms with Gasteiger partial charge in [0, 0.05) is 59.0 Å². The maximum atomic E-state index is 12.7. The number of piperazine rings is 1. The van der Waals surface area contributed by atoms with Crippen LogP contribution in [0.25, 0.3) is 0 Å². The van der Waals surface area contributed by atoms with E-state index in [1.165, 1.54) is 32.1 Å². The van der Waals surface area contributed by atoms with Crippen LogP contribution in [0.1, 0.15) is 65.2 Å². The fraction of sp³-hybridized carbons (Fsp3) is 0.913. The van der Waals surface area contributed by atoms with Crippen LogP contribution in [0.4, 0.5) is 0 Å². The largest absolute Gasteiger partial charge is 0.378 e. The number of carbonyl (C=O) groups is 1. The van der Waals surface area contributed by atoms with Crippen LogP contribution in [0.5, 0.6) is 0 Å². The van der Waals surface area contributed by atoms with Gasteiger partial charge in [-0.1, -0.05) is 19.3 Å². The maximum Gasteiger partial charge on any atom is 0.239 e. The number of nitrogens with one attached hydrogen (secondary N) is 1. The number of guanidine groups is 1. The van der Waals surface area contributed by atoms with Gasteiger partial charge < -0.3 is 19.9 Å². The molecular weight excluding hydrogens is 505 g/mol. The van der Waals surface area contributed by atoms with Crippen molar-refractivity contribution in [2.24, 2.45) is 4.99 Å². The lowest BCUT2D eigenvalue weighted by molar-refractivity contribution is -0.135. The Morgan fingerprint density at radius 3 is 2.32 bits per heavy atom. The molecule has 180 valence electrons. The lowest BCUT2D eigenvalue weighted by Gasteiger charge is -2.39. The molecule has 8 heteroatoms. The van der Waals surface area contributed by atoms with E-state index in [2.05, 4.69) is 29.0 Å². The van der Waals surface area contributed by atoms with Gasteiger partial charge in [-0.3, -0.25) is 14.7 Å². The smallest absolute Gasteiger partial charge is 0.239 e. The third-order valence-electron chi connectivity index (χ3n) is 6.74. The Balaban J connectivity index is 0.00000341. The first-order chi connectivity index (χ1) is 14.7. The molecule has 0 aromatic rings. The van der Waals surface area contributed by atoms with Crippen molar-refractivity contribution in [3.05, 3.63) is 0 Å². The molecule has 0 bridgehead atoms. The molecule has 2 aliphatic heterocycles. The molecule has 3 rings (SSSR count). The first kappa shape index (κ1) is 26.6. The average Bonchev–Trinajstić information content (AvgIpc) is 3.33. The number of hydrogen-bond acceptors (Lipinski definition) is 4. The predicted molar refractivity (Wildman–Crippen MR) is 137 cm³/mol. The molecule has 3 aliphatic rings. The van der Waals surface area contributed by atoms with Crippen LogP contribution in [0, 0.1) is 0 Å². The van der Waals surface area contributed by atoms with Crippen molar-refractivity contribution in [3.8, 4) is 0 Å². The molecule has 3 fully saturated rings. The lowest BCUT2D eigenvalue weighted by Crippen LogP contribution is -2.57. The minimum Gasteiger partial charge on any atom is -0.378 e. The molecule has 2 heterocycles. The van der Waals surface area contributed by atoms with Crippen LogP contribution >= 0.6 is 24.0 Å². The number of hydrogen-bond donors (Lipinski definition) is 1. The number of likely N-dealkylation sites (tertiary alicyclic amines) is 1. The molecule has 1 aliphatic carbocycles. The summed E-state index contributed by atoms with van der Waals surface area (Å²) in [4.78, 5) is 24.3. The van der Waals surface area contributed by atoms with Crippen LogP contribution in [-0.2, 0) is 9.53 Å². The summed E-state index contributed by atoms with van der Waals surface area (Å²) >= 11 is 0. The first-order valence-corrected chi connectivity index (χ1v) is 12.4. The third-order valence-corrected chi connectivity index (χ3v) is 6.74. The number of nitrogens with zero attached hydrogens (tertiary/aromatic N) is 4. The molecule has 0 spiro atoms. The highest BCUT2D eigenvalue weighted by Crippen LogP contribution is 2.20. The van der Waals surface area contributed by atoms with Crippen molar-refractivity contribution in [1.29, 1.82) is 0 Å². The predicted octanol–water partition coefficient (Wildman–Crippen LogP) is 2.94. The fourth-order valence-electron chi connectivity index (χ4n) is 4.84. The topological polar surface area (TPSA) is 60.4 Å². The molecule has 0 aromatic carbocycles. The molecule has 0 radical (unpaired) electrons. The van der Waals surface area contributed by atoms with E-state index in [0.29, 0.717) is 12.0 Å². The van der Waals surface area contributed by atoms with Gasteiger partial charge in [0.05, 0.1) is 12.1 Å². The minimum atomic E-state index is -0.0123. The lowest BCUT2D eigenvalue weighted by atomic mass is 9.98. The van der Waals surface area contributed by atoms with E-state index >= 15 is 0 Å². The van der Waals surface area contributed by atoms with Crippen LogP contribution in [-0.4, -0.2) is 97.7 Å². The van der Waals surface area contributed by atoms with Gasteiger partial charge in [0.25, 0.3) is 0 Å². The van der Waals surface area contributed by atoms with Crippen LogP contribution < -0.4 is 5.32 Å². The van der Waals surface area contributed by atoms with Gasteiger partial charge in [-0.15, -0.1) is 24.0 Å². The molecule has 1 N–H and O–H groups in total. The van der Waals surface area contributed by atoms with Crippen molar-refractivity contribution in [1.82, 2.24) is 20.0 Å². The van der Waals surface area contributed by atoms with Gasteiger partial charge >= 0.3 is 0 Å². The number of carbonyl (C=O) groups excluding carboxylic acids is 1. The van der Waals surface area contributed by atoms with Crippen molar-refractivity contribution in [3.63, 3.8) is 0 Å². The zero-order chi connectivity index (χ0) is 21.2. The van der Waals surface area contributed by atoms with Gasteiger partial charge in [0.15, 0.2) is 5.96 Å². The van der Waals surface area contributed by atoms with Crippen LogP contribution in [0.2, 0.25) is 0 Å². The van der Waals surface area contributed by atoms with E-state index in [-0.39, 0.29) is 30.0 Å². The maximum absolute atomic E-state index is 12.7. The zero-order valence-corrected chi connectivity index (χ0v) is 22.0. The average molecular weight is 550 g/mol. The Bertz CT molecular complexity index is 542. The van der Waals surface area contributed by atoms with Crippen molar-refractivity contribution in [2.45, 2.75) is 77.4 Å². The number of aliphatic imine (C=N–C) groups is 1. The summed E-state index contributed by atoms with van der Waals surface area (Å²) in [6, 6.07) is -0.0123. The Morgan fingerprint density at radius 1 is 1.00 bits per heavy atom. The monoisotopic (exact) mass is 549 g/mol. The Hall–Kier alpha value is -0.610. The highest BCUT2D eigenvalue weighted by Gasteiger charge is 2.30. The molecule has 1 atom stereocenters. The molecule has 2 saturated heterocycles. The SMILES string of the molecule is CCNC(=NCCCOC1CCCCC1)N1CCN(C(C)C(=O)N2CCCC2)CC1.I. The first-order valence-electron chi connectivity index (χ1n) is 12.4. The number of halogens is 1. The summed E-state index contributed by atoms with van der Waals surface area (Å²) in [5.41, 5.74) is 0. The second-order valence-electron chi connectivity index (χ2n) is 8.95. The number of ether oxygens (including phenoxy) is 1. The Kier molecular flexibility index (Phi) is 12.5. The summed E-state index contributed by atoms with van der Waals surface area (Å²) < 4.78 is 6.03. The fourth-order valence-corrected chi connectivity index (χ4v) is 4.84. The van der Waals surface area contributed by atoms with Crippen molar-refractivity contribution in [2.75, 3.05) is 59.0 Å². The van der Waals surface area contributed by atoms with Gasteiger partial charge in [-0.25, -0.2) is 0 Å². The second kappa shape index (κ2) is 14.5. The van der Waals surface area contributed by atoms with Crippen LogP contribution in [0.3, 0.4) is 0 Å². The Labute approximate surface area is 206 Å². The van der Waals surface area contributed by atoms with Crippen molar-refractivity contribution >= 4 is 35.8 Å². The minimum absolute atomic E-state index is 0. The summed E-state index contributed by atoms with van der Waals surface area (Å²) in [7, 11) is 0. The summed E-state index contributed by atoms with van der Waals surface area (Å²) in [6.45, 7) is 12.2. The third kappa shape index (κ3) is 8.35. The number of rotatable bonds is 8. The van der Waals surface area contributed by atoms with E-state index < -0.39 is 0 Å². The molecule has 1 unspecified atom stereocenters. The van der Waals surface area contributed by atoms with Gasteiger partial charge in [-0.2, -0.15) is 0 Å². The van der Waals surface area contributed by atoms with E-state index in [1.807, 2.05) is 4.90 Å². The van der Waals surface area contributed by atoms with E-state index in [0.717, 1.165) is 84.2 Å². The quantitative estimate of drug-likeness (QED) is 0.219. The van der Waals surface area contributed by atoms with Gasteiger partial charge in [0.2, 0.25) is 5.91 Å². The summed E-state index contributed by atoms with van der Waals surface area (Å²) in [5.74, 6) is 1.31. The number of amides is 1. The molecule has 7 nitrogen and oxygen atoms in total. The van der Waals surface area contributed by atoms with Gasteiger partial charge in [-0.05, 0) is 46.0 Å². The summed E-state index contributed by atoms with van der Waals surface area (Å²) in [6.07, 6.45) is 10.2. The molecule has 1 amide bonds. The Morgan fingerprint density at radius 2 is 1.68 bits per heavy atom. The van der Waals surface area contributed by atoms with Gasteiger partial charge in [0.1, 0.15) is 0 Å². The molecule has 0 aromatic heterocycles. The summed E-state index contributed by atoms with van der Waals surface area (Å²) in [5, 5.41) is 3.45. The zero-order valence-electron chi connectivity index (χ0n) is 19.7. The van der Waals surface area contributed by atoms with E-state index in [4.69, 9.17) is 9.73 Å². The standard InChI is InChI=1S/C23H43N5O2.HI/c1-3-24-23(25-12-9-19-30-21-10-5-4-6-11-21)28-17-15-26(16-18-28)20(2)22(29)27-13-7-8-14-27;/h20-21H,3-19H2,1-2H3,(H,24,25);1H.